The lowest BCUT2D eigenvalue weighted by Gasteiger charge is -2.06. The van der Waals surface area contributed by atoms with Gasteiger partial charge in [-0.2, -0.15) is 0 Å². The predicted octanol–water partition coefficient (Wildman–Crippen LogP) is 0.980. The topological polar surface area (TPSA) is 101 Å². The lowest BCUT2D eigenvalue weighted by Crippen LogP contribution is -2.16. The summed E-state index contributed by atoms with van der Waals surface area (Å²) < 4.78 is 4.67. The Labute approximate surface area is 98.2 Å². The monoisotopic (exact) mass is 242 g/mol. The van der Waals surface area contributed by atoms with E-state index in [-0.39, 0.29) is 23.5 Å². The molecule has 0 bridgehead atoms. The van der Waals surface area contributed by atoms with Crippen molar-refractivity contribution in [1.29, 1.82) is 0 Å². The molecule has 0 aromatic rings. The minimum Gasteiger partial charge on any atom is -0.478 e. The maximum Gasteiger partial charge on any atom is 0.334 e. The number of carbonyl (C=O) groups excluding carboxylic acids is 1. The zero-order valence-corrected chi connectivity index (χ0v) is 9.43. The van der Waals surface area contributed by atoms with Crippen molar-refractivity contribution in [2.75, 3.05) is 0 Å². The number of aliphatic carboxylic acids is 2. The molecule has 1 fully saturated rings. The average Bonchev–Trinajstić information content (AvgIpc) is 2.64. The van der Waals surface area contributed by atoms with E-state index < -0.39 is 18.0 Å². The molecule has 6 nitrogen and oxygen atoms in total. The summed E-state index contributed by atoms with van der Waals surface area (Å²) in [5.41, 5.74) is 0.130. The summed E-state index contributed by atoms with van der Waals surface area (Å²) in [6, 6.07) is 0. The standard InChI is InChI=1S/C7H8O4.C4H6O2/c1-4(7(9)10)5-2-3-6(8)11-5;1-3(2)4(5)6/h5H,1-3H2,(H,9,10);1H2,2H3,(H,5,6). The molecule has 94 valence electrons. The van der Waals surface area contributed by atoms with Gasteiger partial charge >= 0.3 is 17.9 Å². The van der Waals surface area contributed by atoms with Crippen LogP contribution < -0.4 is 0 Å². The van der Waals surface area contributed by atoms with E-state index in [1.165, 1.54) is 6.92 Å². The summed E-state index contributed by atoms with van der Waals surface area (Å²) in [5, 5.41) is 16.3. The summed E-state index contributed by atoms with van der Waals surface area (Å²) in [4.78, 5) is 30.4. The van der Waals surface area contributed by atoms with E-state index >= 15 is 0 Å². The van der Waals surface area contributed by atoms with Gasteiger partial charge in [-0.15, -0.1) is 0 Å². The Morgan fingerprint density at radius 2 is 1.76 bits per heavy atom. The summed E-state index contributed by atoms with van der Waals surface area (Å²) in [5.74, 6) is -2.39. The number of cyclic esters (lactones) is 1. The van der Waals surface area contributed by atoms with Crippen molar-refractivity contribution in [1.82, 2.24) is 0 Å². The fourth-order valence-electron chi connectivity index (χ4n) is 0.909. The van der Waals surface area contributed by atoms with Crippen molar-refractivity contribution >= 4 is 17.9 Å². The number of esters is 1. The smallest absolute Gasteiger partial charge is 0.334 e. The molecular weight excluding hydrogens is 228 g/mol. The molecule has 1 rings (SSSR count). The third-order valence-electron chi connectivity index (χ3n) is 1.91. The van der Waals surface area contributed by atoms with Gasteiger partial charge in [0.15, 0.2) is 0 Å². The van der Waals surface area contributed by atoms with Gasteiger partial charge in [-0.3, -0.25) is 4.79 Å². The molecule has 1 aliphatic rings. The fraction of sp³-hybridized carbons (Fsp3) is 0.364. The van der Waals surface area contributed by atoms with Crippen LogP contribution in [0.2, 0.25) is 0 Å². The van der Waals surface area contributed by atoms with Crippen molar-refractivity contribution in [2.24, 2.45) is 0 Å². The third-order valence-corrected chi connectivity index (χ3v) is 1.91. The van der Waals surface area contributed by atoms with Crippen LogP contribution in [0.3, 0.4) is 0 Å². The molecular formula is C11H14O6. The van der Waals surface area contributed by atoms with Gasteiger partial charge in [-0.1, -0.05) is 13.2 Å². The molecule has 1 aliphatic heterocycles. The van der Waals surface area contributed by atoms with Gasteiger partial charge in [0.2, 0.25) is 0 Å². The van der Waals surface area contributed by atoms with E-state index in [1.807, 2.05) is 0 Å². The quantitative estimate of drug-likeness (QED) is 0.565. The first-order chi connectivity index (χ1) is 7.75. The highest BCUT2D eigenvalue weighted by molar-refractivity contribution is 5.88. The van der Waals surface area contributed by atoms with Crippen molar-refractivity contribution < 1.29 is 29.3 Å². The fourth-order valence-corrected chi connectivity index (χ4v) is 0.909. The van der Waals surface area contributed by atoms with Crippen molar-refractivity contribution in [3.8, 4) is 0 Å². The Morgan fingerprint density at radius 3 is 2.00 bits per heavy atom. The molecule has 1 atom stereocenters. The minimum atomic E-state index is -1.11. The van der Waals surface area contributed by atoms with E-state index in [0.717, 1.165) is 0 Å². The van der Waals surface area contributed by atoms with E-state index in [2.05, 4.69) is 17.9 Å². The highest BCUT2D eigenvalue weighted by Gasteiger charge is 2.28. The lowest BCUT2D eigenvalue weighted by atomic mass is 10.1. The highest BCUT2D eigenvalue weighted by atomic mass is 16.6. The molecule has 0 radical (unpaired) electrons. The SMILES string of the molecule is C=C(C(=O)O)C1CCC(=O)O1.C=C(C)C(=O)O. The first kappa shape index (κ1) is 14.9. The van der Waals surface area contributed by atoms with Crippen LogP contribution in [-0.2, 0) is 19.1 Å². The number of carboxylic acid groups (broad SMARTS) is 2. The van der Waals surface area contributed by atoms with Crippen LogP contribution in [0.4, 0.5) is 0 Å². The predicted molar refractivity (Wildman–Crippen MR) is 58.3 cm³/mol. The molecule has 0 aromatic carbocycles. The Kier molecular flexibility index (Phi) is 5.66. The molecule has 0 saturated carbocycles. The van der Waals surface area contributed by atoms with Gasteiger partial charge in [-0.05, 0) is 13.3 Å². The Balaban J connectivity index is 0.000000366. The maximum atomic E-state index is 10.5. The molecule has 0 aliphatic carbocycles. The maximum absolute atomic E-state index is 10.5. The Bertz CT molecular complexity index is 356. The average molecular weight is 242 g/mol. The van der Waals surface area contributed by atoms with Gasteiger partial charge in [0, 0.05) is 12.0 Å². The molecule has 1 saturated heterocycles. The Hall–Kier alpha value is -2.11. The van der Waals surface area contributed by atoms with Gasteiger partial charge in [-0.25, -0.2) is 9.59 Å². The molecule has 17 heavy (non-hydrogen) atoms. The normalized spacial score (nSPS) is 17.5. The molecule has 0 amide bonds. The van der Waals surface area contributed by atoms with Crippen LogP contribution >= 0.6 is 0 Å². The van der Waals surface area contributed by atoms with Crippen LogP contribution in [0.5, 0.6) is 0 Å². The summed E-state index contributed by atoms with van der Waals surface area (Å²) >= 11 is 0. The van der Waals surface area contributed by atoms with Gasteiger partial charge in [0.25, 0.3) is 0 Å². The molecule has 0 aromatic heterocycles. The van der Waals surface area contributed by atoms with Crippen molar-refractivity contribution in [2.45, 2.75) is 25.9 Å². The molecule has 1 unspecified atom stereocenters. The van der Waals surface area contributed by atoms with Crippen molar-refractivity contribution in [3.63, 3.8) is 0 Å². The van der Waals surface area contributed by atoms with E-state index in [0.29, 0.717) is 6.42 Å². The second kappa shape index (κ2) is 6.47. The van der Waals surface area contributed by atoms with E-state index in [9.17, 15) is 14.4 Å². The van der Waals surface area contributed by atoms with Crippen LogP contribution in [-0.4, -0.2) is 34.2 Å². The van der Waals surface area contributed by atoms with E-state index in [4.69, 9.17) is 10.2 Å². The number of hydrogen-bond acceptors (Lipinski definition) is 4. The number of rotatable bonds is 3. The number of carboxylic acids is 2. The number of ether oxygens (including phenoxy) is 1. The number of hydrogen-bond donors (Lipinski definition) is 2. The second-order valence-corrected chi connectivity index (χ2v) is 3.43. The highest BCUT2D eigenvalue weighted by Crippen LogP contribution is 2.19. The van der Waals surface area contributed by atoms with Crippen LogP contribution in [0.15, 0.2) is 24.3 Å². The summed E-state index contributed by atoms with van der Waals surface area (Å²) in [6.45, 7) is 7.90. The second-order valence-electron chi connectivity index (χ2n) is 3.43. The third kappa shape index (κ3) is 5.50. The van der Waals surface area contributed by atoms with Gasteiger partial charge in [0.05, 0.1) is 5.57 Å². The summed E-state index contributed by atoms with van der Waals surface area (Å²) in [6.07, 6.45) is 0.112. The van der Waals surface area contributed by atoms with Gasteiger partial charge in [0.1, 0.15) is 6.10 Å². The Morgan fingerprint density at radius 1 is 1.29 bits per heavy atom. The summed E-state index contributed by atoms with van der Waals surface area (Å²) in [7, 11) is 0. The zero-order valence-electron chi connectivity index (χ0n) is 9.43. The molecule has 2 N–H and O–H groups in total. The van der Waals surface area contributed by atoms with Crippen molar-refractivity contribution in [3.05, 3.63) is 24.3 Å². The van der Waals surface area contributed by atoms with Crippen LogP contribution in [0.25, 0.3) is 0 Å². The number of carbonyl (C=O) groups is 3. The largest absolute Gasteiger partial charge is 0.478 e. The van der Waals surface area contributed by atoms with Gasteiger partial charge < -0.3 is 14.9 Å². The van der Waals surface area contributed by atoms with Crippen LogP contribution in [0, 0.1) is 0 Å². The lowest BCUT2D eigenvalue weighted by molar-refractivity contribution is -0.141. The first-order valence-electron chi connectivity index (χ1n) is 4.76. The molecule has 1 heterocycles. The van der Waals surface area contributed by atoms with Crippen LogP contribution in [0.1, 0.15) is 19.8 Å². The zero-order chi connectivity index (χ0) is 13.6. The first-order valence-corrected chi connectivity index (χ1v) is 4.76. The molecule has 0 spiro atoms. The molecule has 6 heteroatoms. The van der Waals surface area contributed by atoms with E-state index in [1.54, 1.807) is 0 Å². The minimum absolute atomic E-state index is 0.0455.